The highest BCUT2D eigenvalue weighted by atomic mass is 16.2. The van der Waals surface area contributed by atoms with Crippen molar-refractivity contribution in [3.05, 3.63) is 0 Å². The molecule has 4 rings (SSSR count). The smallest absolute Gasteiger partial charge is 0.317 e. The lowest BCUT2D eigenvalue weighted by atomic mass is 9.53. The zero-order valence-corrected chi connectivity index (χ0v) is 16.5. The second-order valence-electron chi connectivity index (χ2n) is 9.87. The Balaban J connectivity index is 1.54. The summed E-state index contributed by atoms with van der Waals surface area (Å²) in [7, 11) is 0. The van der Waals surface area contributed by atoms with Crippen LogP contribution in [0.4, 0.5) is 4.79 Å². The third-order valence-electron chi connectivity index (χ3n) is 7.42. The van der Waals surface area contributed by atoms with E-state index < -0.39 is 0 Å². The van der Waals surface area contributed by atoms with Crippen molar-refractivity contribution < 1.29 is 4.79 Å². The SMILES string of the molecule is CC(C)C12CCC(NC(=O)N3CCN(C(C)(C)C)CC3)(CC1)CC2. The summed E-state index contributed by atoms with van der Waals surface area (Å²) in [5.74, 6) is 0.775. The van der Waals surface area contributed by atoms with Gasteiger partial charge in [0, 0.05) is 37.3 Å². The van der Waals surface area contributed by atoms with E-state index in [2.05, 4.69) is 44.8 Å². The van der Waals surface area contributed by atoms with Crippen LogP contribution >= 0.6 is 0 Å². The minimum Gasteiger partial charge on any atom is -0.333 e. The number of fused-ring (bicyclic) bond motifs is 3. The van der Waals surface area contributed by atoms with Gasteiger partial charge in [-0.2, -0.15) is 0 Å². The summed E-state index contributed by atoms with van der Waals surface area (Å²) in [4.78, 5) is 17.3. The number of hydrogen-bond donors (Lipinski definition) is 1. The largest absolute Gasteiger partial charge is 0.333 e. The number of carbonyl (C=O) groups excluding carboxylic acids is 1. The molecule has 1 saturated heterocycles. The molecule has 0 atom stereocenters. The summed E-state index contributed by atoms with van der Waals surface area (Å²) in [6, 6.07) is 0.183. The molecule has 4 aliphatic rings. The predicted octanol–water partition coefficient (Wildman–Crippen LogP) is 3.86. The Hall–Kier alpha value is -0.770. The average molecular weight is 336 g/mol. The molecule has 0 aromatic heterocycles. The van der Waals surface area contributed by atoms with Gasteiger partial charge in [-0.3, -0.25) is 4.90 Å². The van der Waals surface area contributed by atoms with Crippen LogP contribution in [0.2, 0.25) is 0 Å². The van der Waals surface area contributed by atoms with E-state index in [0.29, 0.717) is 5.41 Å². The molecule has 0 radical (unpaired) electrons. The molecule has 1 heterocycles. The van der Waals surface area contributed by atoms with Crippen molar-refractivity contribution in [2.24, 2.45) is 11.3 Å². The van der Waals surface area contributed by atoms with Gasteiger partial charge in [0.25, 0.3) is 0 Å². The van der Waals surface area contributed by atoms with Crippen LogP contribution in [-0.4, -0.2) is 53.1 Å². The first-order valence-corrected chi connectivity index (χ1v) is 9.98. The first kappa shape index (κ1) is 18.0. The van der Waals surface area contributed by atoms with E-state index in [1.807, 2.05) is 4.90 Å². The van der Waals surface area contributed by atoms with Gasteiger partial charge in [-0.15, -0.1) is 0 Å². The summed E-state index contributed by atoms with van der Waals surface area (Å²) in [6.45, 7) is 15.2. The van der Waals surface area contributed by atoms with Gasteiger partial charge in [0.05, 0.1) is 0 Å². The Labute approximate surface area is 148 Å². The zero-order chi connectivity index (χ0) is 17.6. The molecule has 138 valence electrons. The third-order valence-corrected chi connectivity index (χ3v) is 7.42. The molecule has 3 aliphatic carbocycles. The molecule has 2 amide bonds. The van der Waals surface area contributed by atoms with Gasteiger partial charge >= 0.3 is 6.03 Å². The molecule has 2 bridgehead atoms. The fourth-order valence-corrected chi connectivity index (χ4v) is 5.15. The van der Waals surface area contributed by atoms with Crippen LogP contribution in [0.5, 0.6) is 0 Å². The summed E-state index contributed by atoms with van der Waals surface area (Å²) in [5.41, 5.74) is 0.855. The van der Waals surface area contributed by atoms with E-state index in [0.717, 1.165) is 32.1 Å². The normalized spacial score (nSPS) is 34.7. The number of nitrogens with one attached hydrogen (secondary N) is 1. The lowest BCUT2D eigenvalue weighted by molar-refractivity contribution is -0.00885. The fourth-order valence-electron chi connectivity index (χ4n) is 5.15. The molecule has 1 N–H and O–H groups in total. The highest BCUT2D eigenvalue weighted by Gasteiger charge is 2.50. The maximum Gasteiger partial charge on any atom is 0.317 e. The van der Waals surface area contributed by atoms with Crippen molar-refractivity contribution in [1.29, 1.82) is 0 Å². The fraction of sp³-hybridized carbons (Fsp3) is 0.950. The molecule has 4 fully saturated rings. The van der Waals surface area contributed by atoms with Gasteiger partial charge in [0.15, 0.2) is 0 Å². The van der Waals surface area contributed by atoms with Crippen molar-refractivity contribution in [1.82, 2.24) is 15.1 Å². The van der Waals surface area contributed by atoms with Crippen molar-refractivity contribution in [2.45, 2.75) is 84.2 Å². The van der Waals surface area contributed by atoms with Gasteiger partial charge in [-0.25, -0.2) is 4.79 Å². The Morgan fingerprint density at radius 1 is 0.917 bits per heavy atom. The highest BCUT2D eigenvalue weighted by Crippen LogP contribution is 2.55. The Bertz CT molecular complexity index is 447. The Morgan fingerprint density at radius 2 is 1.42 bits per heavy atom. The lowest BCUT2D eigenvalue weighted by Gasteiger charge is -2.56. The first-order valence-electron chi connectivity index (χ1n) is 9.98. The molecule has 4 heteroatoms. The maximum absolute atomic E-state index is 12.8. The highest BCUT2D eigenvalue weighted by molar-refractivity contribution is 5.75. The maximum atomic E-state index is 12.8. The zero-order valence-electron chi connectivity index (χ0n) is 16.5. The molecule has 24 heavy (non-hydrogen) atoms. The van der Waals surface area contributed by atoms with Gasteiger partial charge in [0.2, 0.25) is 0 Å². The molecule has 0 unspecified atom stereocenters. The van der Waals surface area contributed by atoms with Gasteiger partial charge in [-0.05, 0) is 70.6 Å². The minimum absolute atomic E-state index is 0.0921. The number of piperazine rings is 1. The number of urea groups is 1. The van der Waals surface area contributed by atoms with E-state index in [4.69, 9.17) is 0 Å². The van der Waals surface area contributed by atoms with Crippen LogP contribution in [-0.2, 0) is 0 Å². The van der Waals surface area contributed by atoms with Crippen LogP contribution < -0.4 is 5.32 Å². The van der Waals surface area contributed by atoms with Crippen LogP contribution in [0.3, 0.4) is 0 Å². The first-order chi connectivity index (χ1) is 11.2. The molecule has 3 saturated carbocycles. The van der Waals surface area contributed by atoms with Gasteiger partial charge in [-0.1, -0.05) is 13.8 Å². The quantitative estimate of drug-likeness (QED) is 0.832. The number of rotatable bonds is 2. The van der Waals surface area contributed by atoms with Crippen molar-refractivity contribution in [3.8, 4) is 0 Å². The minimum atomic E-state index is 0.0921. The number of hydrogen-bond acceptors (Lipinski definition) is 2. The van der Waals surface area contributed by atoms with E-state index in [-0.39, 0.29) is 17.1 Å². The second-order valence-corrected chi connectivity index (χ2v) is 9.87. The predicted molar refractivity (Wildman–Crippen MR) is 99.1 cm³/mol. The van der Waals surface area contributed by atoms with Crippen LogP contribution in [0.25, 0.3) is 0 Å². The van der Waals surface area contributed by atoms with Crippen LogP contribution in [0, 0.1) is 11.3 Å². The standard InChI is InChI=1S/C20H37N3O/c1-16(2)19-6-9-20(10-7-19,11-8-19)21-17(24)22-12-14-23(15-13-22)18(3,4)5/h16H,6-15H2,1-5H3,(H,21,24). The molecule has 0 aromatic carbocycles. The molecule has 0 aromatic rings. The van der Waals surface area contributed by atoms with Crippen LogP contribution in [0.15, 0.2) is 0 Å². The number of nitrogens with zero attached hydrogens (tertiary/aromatic N) is 2. The molecule has 4 nitrogen and oxygen atoms in total. The molecule has 0 spiro atoms. The Kier molecular flexibility index (Phi) is 4.65. The molecular weight excluding hydrogens is 298 g/mol. The van der Waals surface area contributed by atoms with Crippen LogP contribution in [0.1, 0.15) is 73.1 Å². The molecular formula is C20H37N3O. The summed E-state index contributed by atoms with van der Waals surface area (Å²) in [6.07, 6.45) is 7.42. The topological polar surface area (TPSA) is 35.6 Å². The summed E-state index contributed by atoms with van der Waals surface area (Å²) < 4.78 is 0. The van der Waals surface area contributed by atoms with Gasteiger partial charge in [0.1, 0.15) is 0 Å². The van der Waals surface area contributed by atoms with E-state index in [1.165, 1.54) is 38.5 Å². The number of carbonyl (C=O) groups is 1. The van der Waals surface area contributed by atoms with E-state index in [1.54, 1.807) is 0 Å². The molecule has 1 aliphatic heterocycles. The summed E-state index contributed by atoms with van der Waals surface area (Å²) in [5, 5.41) is 3.47. The average Bonchev–Trinajstić information content (AvgIpc) is 2.55. The van der Waals surface area contributed by atoms with Gasteiger partial charge < -0.3 is 10.2 Å². The monoisotopic (exact) mass is 335 g/mol. The van der Waals surface area contributed by atoms with Crippen molar-refractivity contribution in [3.63, 3.8) is 0 Å². The van der Waals surface area contributed by atoms with Crippen molar-refractivity contribution in [2.75, 3.05) is 26.2 Å². The third kappa shape index (κ3) is 3.31. The number of amides is 2. The van der Waals surface area contributed by atoms with E-state index >= 15 is 0 Å². The second kappa shape index (κ2) is 6.19. The summed E-state index contributed by atoms with van der Waals surface area (Å²) >= 11 is 0. The lowest BCUT2D eigenvalue weighted by Crippen LogP contribution is -2.62. The van der Waals surface area contributed by atoms with Crippen molar-refractivity contribution >= 4 is 6.03 Å². The Morgan fingerprint density at radius 3 is 1.83 bits per heavy atom. The van der Waals surface area contributed by atoms with E-state index in [9.17, 15) is 4.79 Å².